The summed E-state index contributed by atoms with van der Waals surface area (Å²) in [4.78, 5) is 23.9. The van der Waals surface area contributed by atoms with Gasteiger partial charge in [-0.3, -0.25) is 9.59 Å². The maximum absolute atomic E-state index is 12.3. The molecule has 1 aliphatic heterocycles. The largest absolute Gasteiger partial charge is 0.412 e. The summed E-state index contributed by atoms with van der Waals surface area (Å²) in [5.74, 6) is -0.391. The highest BCUT2D eigenvalue weighted by atomic mass is 35.5. The van der Waals surface area contributed by atoms with Gasteiger partial charge in [-0.2, -0.15) is 0 Å². The second-order valence-corrected chi connectivity index (χ2v) is 4.41. The number of anilines is 3. The van der Waals surface area contributed by atoms with E-state index >= 15 is 0 Å². The summed E-state index contributed by atoms with van der Waals surface area (Å²) in [6, 6.07) is 12.7. The predicted molar refractivity (Wildman–Crippen MR) is 95.8 cm³/mol. The fourth-order valence-electron chi connectivity index (χ4n) is 2.23. The SMILES string of the molecule is CC(=O)c1cccc2c1C(=O)Nc1ccccc1N2.Cl.Cl.O.O. The standard InChI is InChI=1S/C15H12N2O2.2ClH.2H2O/c1-9(18)10-5-4-8-13-14(10)15(19)17-12-7-3-2-6-11(12)16-13;;;;/h2-8,16H,1H3,(H,17,19);2*1H;2*1H2. The molecule has 0 radical (unpaired) electrons. The topological polar surface area (TPSA) is 121 Å². The molecule has 1 heterocycles. The van der Waals surface area contributed by atoms with Crippen molar-refractivity contribution in [3.05, 3.63) is 53.6 Å². The van der Waals surface area contributed by atoms with Crippen molar-refractivity contribution in [3.8, 4) is 0 Å². The number of hydrogen-bond donors (Lipinski definition) is 2. The van der Waals surface area contributed by atoms with Crippen molar-refractivity contribution in [2.45, 2.75) is 6.92 Å². The van der Waals surface area contributed by atoms with E-state index in [2.05, 4.69) is 10.6 Å². The third-order valence-electron chi connectivity index (χ3n) is 3.12. The smallest absolute Gasteiger partial charge is 0.258 e. The van der Waals surface area contributed by atoms with Gasteiger partial charge in [0.1, 0.15) is 0 Å². The van der Waals surface area contributed by atoms with Crippen LogP contribution in [0.5, 0.6) is 0 Å². The monoisotopic (exact) mass is 360 g/mol. The Morgan fingerprint density at radius 3 is 1.91 bits per heavy atom. The number of para-hydroxylation sites is 2. The van der Waals surface area contributed by atoms with Crippen molar-refractivity contribution in [3.63, 3.8) is 0 Å². The molecule has 1 amide bonds. The van der Waals surface area contributed by atoms with Crippen molar-refractivity contribution >= 4 is 53.6 Å². The lowest BCUT2D eigenvalue weighted by atomic mass is 10.0. The maximum atomic E-state index is 12.3. The Bertz CT molecular complexity index is 708. The first kappa shape index (κ1) is 23.2. The Balaban J connectivity index is 0. The zero-order valence-electron chi connectivity index (χ0n) is 12.2. The Hall–Kier alpha value is -2.12. The fourth-order valence-corrected chi connectivity index (χ4v) is 2.23. The molecule has 6 nitrogen and oxygen atoms in total. The van der Waals surface area contributed by atoms with Gasteiger partial charge in [0.2, 0.25) is 0 Å². The van der Waals surface area contributed by atoms with Crippen molar-refractivity contribution < 1.29 is 20.5 Å². The minimum absolute atomic E-state index is 0. The number of carbonyl (C=O) groups is 2. The lowest BCUT2D eigenvalue weighted by molar-refractivity contribution is 0.0986. The molecule has 126 valence electrons. The number of carbonyl (C=O) groups excluding carboxylic acids is 2. The molecule has 3 rings (SSSR count). The Labute approximate surface area is 145 Å². The number of fused-ring (bicyclic) bond motifs is 2. The zero-order valence-corrected chi connectivity index (χ0v) is 13.8. The van der Waals surface area contributed by atoms with E-state index in [1.807, 2.05) is 24.3 Å². The quantitative estimate of drug-likeness (QED) is 0.759. The third kappa shape index (κ3) is 4.20. The summed E-state index contributed by atoms with van der Waals surface area (Å²) >= 11 is 0. The first-order valence-corrected chi connectivity index (χ1v) is 5.98. The average Bonchev–Trinajstić information content (AvgIpc) is 2.54. The first-order valence-electron chi connectivity index (χ1n) is 5.98. The first-order chi connectivity index (χ1) is 9.16. The summed E-state index contributed by atoms with van der Waals surface area (Å²) in [5.41, 5.74) is 2.99. The minimum Gasteiger partial charge on any atom is -0.412 e. The number of rotatable bonds is 1. The molecule has 0 bridgehead atoms. The molecule has 0 spiro atoms. The molecular formula is C15H18Cl2N2O4. The van der Waals surface area contributed by atoms with E-state index < -0.39 is 0 Å². The summed E-state index contributed by atoms with van der Waals surface area (Å²) in [6.07, 6.45) is 0. The molecule has 0 atom stereocenters. The molecule has 2 aromatic rings. The van der Waals surface area contributed by atoms with Gasteiger partial charge >= 0.3 is 0 Å². The van der Waals surface area contributed by atoms with Crippen LogP contribution in [0.2, 0.25) is 0 Å². The van der Waals surface area contributed by atoms with E-state index in [0.717, 1.165) is 5.69 Å². The van der Waals surface area contributed by atoms with Crippen LogP contribution in [-0.2, 0) is 0 Å². The van der Waals surface area contributed by atoms with Crippen LogP contribution in [0.25, 0.3) is 0 Å². The Morgan fingerprint density at radius 2 is 1.35 bits per heavy atom. The van der Waals surface area contributed by atoms with Gasteiger partial charge < -0.3 is 21.6 Å². The summed E-state index contributed by atoms with van der Waals surface area (Å²) in [5, 5.41) is 6.01. The van der Waals surface area contributed by atoms with Crippen molar-refractivity contribution in [1.82, 2.24) is 0 Å². The van der Waals surface area contributed by atoms with Crippen LogP contribution < -0.4 is 10.6 Å². The molecule has 2 aromatic carbocycles. The van der Waals surface area contributed by atoms with Crippen LogP contribution in [0, 0.1) is 0 Å². The number of hydrogen-bond acceptors (Lipinski definition) is 3. The molecule has 8 heteroatoms. The van der Waals surface area contributed by atoms with Gasteiger partial charge in [-0.25, -0.2) is 0 Å². The normalized spacial score (nSPS) is 10.4. The number of Topliss-reactive ketones (excluding diaryl/α,β-unsaturated/α-hetero) is 1. The minimum atomic E-state index is -0.266. The van der Waals surface area contributed by atoms with E-state index in [0.29, 0.717) is 22.5 Å². The van der Waals surface area contributed by atoms with Crippen LogP contribution in [0.4, 0.5) is 17.1 Å². The third-order valence-corrected chi connectivity index (χ3v) is 3.12. The van der Waals surface area contributed by atoms with E-state index in [-0.39, 0.29) is 47.5 Å². The fraction of sp³-hybridized carbons (Fsp3) is 0.0667. The number of ketones is 1. The van der Waals surface area contributed by atoms with Gasteiger partial charge in [-0.1, -0.05) is 24.3 Å². The van der Waals surface area contributed by atoms with Crippen LogP contribution in [-0.4, -0.2) is 22.6 Å². The summed E-state index contributed by atoms with van der Waals surface area (Å²) in [7, 11) is 0. The molecule has 6 N–H and O–H groups in total. The van der Waals surface area contributed by atoms with E-state index in [4.69, 9.17) is 0 Å². The number of halogens is 2. The van der Waals surface area contributed by atoms with Gasteiger partial charge in [-0.05, 0) is 25.1 Å². The highest BCUT2D eigenvalue weighted by Gasteiger charge is 2.23. The van der Waals surface area contributed by atoms with E-state index in [9.17, 15) is 9.59 Å². The molecule has 0 aromatic heterocycles. The molecular weight excluding hydrogens is 343 g/mol. The lowest BCUT2D eigenvalue weighted by Gasteiger charge is -2.09. The van der Waals surface area contributed by atoms with Gasteiger partial charge in [0.05, 0.1) is 22.6 Å². The summed E-state index contributed by atoms with van der Waals surface area (Å²) < 4.78 is 0. The van der Waals surface area contributed by atoms with Crippen LogP contribution in [0.3, 0.4) is 0 Å². The Kier molecular flexibility index (Phi) is 9.18. The van der Waals surface area contributed by atoms with Crippen LogP contribution in [0.1, 0.15) is 27.6 Å². The number of benzene rings is 2. The molecule has 0 saturated carbocycles. The molecule has 0 unspecified atom stereocenters. The molecule has 0 saturated heterocycles. The van der Waals surface area contributed by atoms with Gasteiger partial charge in [0, 0.05) is 5.56 Å². The molecule has 1 aliphatic rings. The summed E-state index contributed by atoms with van der Waals surface area (Å²) in [6.45, 7) is 1.46. The number of nitrogens with one attached hydrogen (secondary N) is 2. The van der Waals surface area contributed by atoms with Crippen LogP contribution >= 0.6 is 24.8 Å². The van der Waals surface area contributed by atoms with Gasteiger partial charge in [0.25, 0.3) is 5.91 Å². The second-order valence-electron chi connectivity index (χ2n) is 4.41. The highest BCUT2D eigenvalue weighted by Crippen LogP contribution is 2.33. The molecule has 0 fully saturated rings. The van der Waals surface area contributed by atoms with E-state index in [1.165, 1.54) is 6.92 Å². The van der Waals surface area contributed by atoms with Crippen molar-refractivity contribution in [1.29, 1.82) is 0 Å². The molecule has 0 aliphatic carbocycles. The van der Waals surface area contributed by atoms with E-state index in [1.54, 1.807) is 18.2 Å². The highest BCUT2D eigenvalue weighted by molar-refractivity contribution is 6.17. The average molecular weight is 361 g/mol. The Morgan fingerprint density at radius 1 is 0.826 bits per heavy atom. The van der Waals surface area contributed by atoms with Crippen molar-refractivity contribution in [2.24, 2.45) is 0 Å². The van der Waals surface area contributed by atoms with Crippen LogP contribution in [0.15, 0.2) is 42.5 Å². The molecule has 23 heavy (non-hydrogen) atoms. The second kappa shape index (κ2) is 9.12. The number of amides is 1. The lowest BCUT2D eigenvalue weighted by Crippen LogP contribution is -2.15. The van der Waals surface area contributed by atoms with Gasteiger partial charge in [-0.15, -0.1) is 24.8 Å². The van der Waals surface area contributed by atoms with Gasteiger partial charge in [0.15, 0.2) is 5.78 Å². The van der Waals surface area contributed by atoms with Crippen molar-refractivity contribution in [2.75, 3.05) is 10.6 Å². The maximum Gasteiger partial charge on any atom is 0.258 e. The predicted octanol–water partition coefficient (Wildman–Crippen LogP) is 2.39. The zero-order chi connectivity index (χ0) is 13.4.